The molecule has 0 amide bonds. The second-order valence-electron chi connectivity index (χ2n) is 9.49. The van der Waals surface area contributed by atoms with Crippen LogP contribution >= 0.6 is 0 Å². The summed E-state index contributed by atoms with van der Waals surface area (Å²) >= 11 is 0. The Hall–Kier alpha value is -4.64. The Morgan fingerprint density at radius 3 is 1.61 bits per heavy atom. The van der Waals surface area contributed by atoms with Gasteiger partial charge in [0.05, 0.1) is 5.56 Å². The van der Waals surface area contributed by atoms with Crippen molar-refractivity contribution in [3.8, 4) is 45.3 Å². The van der Waals surface area contributed by atoms with Gasteiger partial charge in [0.1, 0.15) is 0 Å². The van der Waals surface area contributed by atoms with Crippen molar-refractivity contribution >= 4 is 5.97 Å². The van der Waals surface area contributed by atoms with Crippen molar-refractivity contribution < 1.29 is 9.90 Å². The minimum absolute atomic E-state index is 0.298. The molecule has 6 rings (SSSR count). The number of benzene rings is 4. The van der Waals surface area contributed by atoms with E-state index >= 15 is 0 Å². The topological polar surface area (TPSA) is 76.0 Å². The van der Waals surface area contributed by atoms with Gasteiger partial charge in [0.2, 0.25) is 0 Å². The van der Waals surface area contributed by atoms with E-state index in [-0.39, 0.29) is 5.41 Å². The number of fused-ring (bicyclic) bond motifs is 3. The normalized spacial score (nSPS) is 13.2. The summed E-state index contributed by atoms with van der Waals surface area (Å²) in [7, 11) is 0. The third-order valence-corrected chi connectivity index (χ3v) is 6.88. The van der Waals surface area contributed by atoms with Gasteiger partial charge in [-0.1, -0.05) is 92.7 Å². The van der Waals surface area contributed by atoms with E-state index in [2.05, 4.69) is 26.0 Å². The third kappa shape index (κ3) is 3.57. The van der Waals surface area contributed by atoms with Gasteiger partial charge in [-0.15, -0.1) is 0 Å². The lowest BCUT2D eigenvalue weighted by atomic mass is 9.81. The van der Waals surface area contributed by atoms with Gasteiger partial charge >= 0.3 is 5.97 Å². The average Bonchev–Trinajstić information content (AvgIpc) is 3.15. The Labute approximate surface area is 209 Å². The molecular weight excluding hydrogens is 446 g/mol. The molecule has 1 aromatic heterocycles. The molecule has 36 heavy (non-hydrogen) atoms. The summed E-state index contributed by atoms with van der Waals surface area (Å²) in [6.45, 7) is 4.26. The predicted molar refractivity (Wildman–Crippen MR) is 141 cm³/mol. The Kier molecular flexibility index (Phi) is 5.00. The summed E-state index contributed by atoms with van der Waals surface area (Å²) in [4.78, 5) is 26.1. The molecule has 0 fully saturated rings. The van der Waals surface area contributed by atoms with Crippen molar-refractivity contribution in [1.82, 2.24) is 15.0 Å². The Balaban J connectivity index is 1.51. The SMILES string of the molecule is CC1(C)c2cc(C(=O)O)ccc2-c2ccc(-c3nc(-c4ccccc4)nc(-c4ccccc4)n3)cc21. The van der Waals surface area contributed by atoms with Crippen LogP contribution in [0.5, 0.6) is 0 Å². The fraction of sp³-hybridized carbons (Fsp3) is 0.0968. The number of carbonyl (C=O) groups is 1. The summed E-state index contributed by atoms with van der Waals surface area (Å²) < 4.78 is 0. The molecule has 1 heterocycles. The summed E-state index contributed by atoms with van der Waals surface area (Å²) in [5, 5.41) is 9.51. The molecule has 1 aliphatic rings. The molecule has 0 bridgehead atoms. The zero-order valence-corrected chi connectivity index (χ0v) is 19.9. The monoisotopic (exact) mass is 469 g/mol. The summed E-state index contributed by atoms with van der Waals surface area (Å²) in [6.07, 6.45) is 0. The first-order valence-corrected chi connectivity index (χ1v) is 11.8. The second kappa shape index (κ2) is 8.24. The maximum absolute atomic E-state index is 11.6. The first-order chi connectivity index (χ1) is 17.4. The maximum atomic E-state index is 11.6. The number of hydrogen-bond donors (Lipinski definition) is 1. The number of aromatic nitrogens is 3. The number of nitrogens with zero attached hydrogens (tertiary/aromatic N) is 3. The van der Waals surface area contributed by atoms with Crippen molar-refractivity contribution in [2.75, 3.05) is 0 Å². The molecular formula is C31H23N3O2. The highest BCUT2D eigenvalue weighted by atomic mass is 16.4. The van der Waals surface area contributed by atoms with Gasteiger partial charge in [0, 0.05) is 22.1 Å². The Bertz CT molecular complexity index is 1570. The molecule has 5 nitrogen and oxygen atoms in total. The Morgan fingerprint density at radius 1 is 0.611 bits per heavy atom. The van der Waals surface area contributed by atoms with Crippen LogP contribution < -0.4 is 0 Å². The van der Waals surface area contributed by atoms with Crippen LogP contribution in [0.2, 0.25) is 0 Å². The lowest BCUT2D eigenvalue weighted by Crippen LogP contribution is -2.16. The molecule has 0 unspecified atom stereocenters. The standard InChI is InChI=1S/C31H23N3O2/c1-31(2)25-17-21(13-15-23(25)24-16-14-22(30(35)36)18-26(24)31)29-33-27(19-9-5-3-6-10-19)32-28(34-29)20-11-7-4-8-12-20/h3-18H,1-2H3,(H,35,36). The highest BCUT2D eigenvalue weighted by molar-refractivity contribution is 5.91. The Morgan fingerprint density at radius 2 is 1.08 bits per heavy atom. The maximum Gasteiger partial charge on any atom is 0.335 e. The third-order valence-electron chi connectivity index (χ3n) is 6.88. The van der Waals surface area contributed by atoms with Crippen molar-refractivity contribution in [1.29, 1.82) is 0 Å². The van der Waals surface area contributed by atoms with Gasteiger partial charge in [-0.05, 0) is 40.5 Å². The molecule has 1 aliphatic carbocycles. The fourth-order valence-electron chi connectivity index (χ4n) is 4.95. The van der Waals surface area contributed by atoms with E-state index in [1.165, 1.54) is 0 Å². The first kappa shape index (κ1) is 21.9. The molecule has 5 aromatic rings. The minimum Gasteiger partial charge on any atom is -0.478 e. The number of rotatable bonds is 4. The molecule has 0 saturated carbocycles. The van der Waals surface area contributed by atoms with Crippen LogP contribution in [-0.2, 0) is 5.41 Å². The molecule has 174 valence electrons. The van der Waals surface area contributed by atoms with E-state index in [4.69, 9.17) is 15.0 Å². The van der Waals surface area contributed by atoms with Gasteiger partial charge in [0.25, 0.3) is 0 Å². The van der Waals surface area contributed by atoms with E-state index in [9.17, 15) is 9.90 Å². The zero-order chi connectivity index (χ0) is 24.9. The van der Waals surface area contributed by atoms with Crippen LogP contribution in [0, 0.1) is 0 Å². The lowest BCUT2D eigenvalue weighted by Gasteiger charge is -2.22. The van der Waals surface area contributed by atoms with E-state index in [0.29, 0.717) is 23.0 Å². The van der Waals surface area contributed by atoms with Crippen molar-refractivity contribution in [3.05, 3.63) is 114 Å². The number of aromatic carboxylic acids is 1. The molecule has 0 radical (unpaired) electrons. The van der Waals surface area contributed by atoms with Gasteiger partial charge in [-0.2, -0.15) is 0 Å². The number of carboxylic acid groups (broad SMARTS) is 1. The van der Waals surface area contributed by atoms with Crippen LogP contribution in [0.1, 0.15) is 35.3 Å². The van der Waals surface area contributed by atoms with E-state index < -0.39 is 5.97 Å². The van der Waals surface area contributed by atoms with Gasteiger partial charge in [0.15, 0.2) is 17.5 Å². The smallest absolute Gasteiger partial charge is 0.335 e. The minimum atomic E-state index is -0.919. The molecule has 0 atom stereocenters. The number of hydrogen-bond acceptors (Lipinski definition) is 4. The van der Waals surface area contributed by atoms with Crippen LogP contribution in [0.15, 0.2) is 97.1 Å². The predicted octanol–water partition coefficient (Wildman–Crippen LogP) is 6.88. The molecule has 5 heteroatoms. The van der Waals surface area contributed by atoms with Crippen LogP contribution in [-0.4, -0.2) is 26.0 Å². The molecule has 0 spiro atoms. The van der Waals surface area contributed by atoms with Gasteiger partial charge < -0.3 is 5.11 Å². The highest BCUT2D eigenvalue weighted by Crippen LogP contribution is 2.49. The van der Waals surface area contributed by atoms with E-state index in [0.717, 1.165) is 38.9 Å². The summed E-state index contributed by atoms with van der Waals surface area (Å²) in [5.74, 6) is 0.919. The average molecular weight is 470 g/mol. The summed E-state index contributed by atoms with van der Waals surface area (Å²) in [6, 6.07) is 31.5. The summed E-state index contributed by atoms with van der Waals surface area (Å²) in [5.41, 5.74) is 7.00. The zero-order valence-electron chi connectivity index (χ0n) is 19.9. The van der Waals surface area contributed by atoms with Crippen molar-refractivity contribution in [2.45, 2.75) is 19.3 Å². The largest absolute Gasteiger partial charge is 0.478 e. The van der Waals surface area contributed by atoms with Crippen LogP contribution in [0.25, 0.3) is 45.3 Å². The molecule has 1 N–H and O–H groups in total. The quantitative estimate of drug-likeness (QED) is 0.311. The van der Waals surface area contributed by atoms with Gasteiger partial charge in [-0.25, -0.2) is 19.7 Å². The molecule has 0 saturated heterocycles. The lowest BCUT2D eigenvalue weighted by molar-refractivity contribution is 0.0696. The first-order valence-electron chi connectivity index (χ1n) is 11.8. The fourth-order valence-corrected chi connectivity index (χ4v) is 4.95. The second-order valence-corrected chi connectivity index (χ2v) is 9.49. The molecule has 0 aliphatic heterocycles. The van der Waals surface area contributed by atoms with E-state index in [1.54, 1.807) is 12.1 Å². The van der Waals surface area contributed by atoms with E-state index in [1.807, 2.05) is 72.8 Å². The van der Waals surface area contributed by atoms with Crippen molar-refractivity contribution in [3.63, 3.8) is 0 Å². The van der Waals surface area contributed by atoms with Crippen molar-refractivity contribution in [2.24, 2.45) is 0 Å². The van der Waals surface area contributed by atoms with Crippen LogP contribution in [0.4, 0.5) is 0 Å². The number of carboxylic acids is 1. The molecule has 4 aromatic carbocycles. The highest BCUT2D eigenvalue weighted by Gasteiger charge is 2.36. The van der Waals surface area contributed by atoms with Crippen LogP contribution in [0.3, 0.4) is 0 Å². The van der Waals surface area contributed by atoms with Gasteiger partial charge in [-0.3, -0.25) is 0 Å².